The summed E-state index contributed by atoms with van der Waals surface area (Å²) in [4.78, 5) is 12.1. The Kier molecular flexibility index (Phi) is 5.94. The summed E-state index contributed by atoms with van der Waals surface area (Å²) in [5.74, 6) is 1.84. The molecule has 3 aromatic rings. The second kappa shape index (κ2) is 8.75. The first-order chi connectivity index (χ1) is 13.2. The Labute approximate surface area is 157 Å². The fourth-order valence-electron chi connectivity index (χ4n) is 2.63. The number of carbonyl (C=O) groups excluding carboxylic acids is 1. The summed E-state index contributed by atoms with van der Waals surface area (Å²) in [6, 6.07) is 16.9. The molecule has 1 aromatic heterocycles. The van der Waals surface area contributed by atoms with Crippen LogP contribution >= 0.6 is 0 Å². The molecule has 0 aliphatic heterocycles. The molecule has 2 N–H and O–H groups in total. The molecule has 0 aliphatic carbocycles. The number of hydrogen-bond acceptors (Lipinski definition) is 4. The third-order valence-electron chi connectivity index (χ3n) is 4.00. The number of aromatic nitrogens is 2. The van der Waals surface area contributed by atoms with Crippen molar-refractivity contribution in [3.63, 3.8) is 0 Å². The number of para-hydroxylation sites is 1. The second-order valence-electron chi connectivity index (χ2n) is 5.80. The smallest absolute Gasteiger partial charge is 0.320 e. The average molecular weight is 366 g/mol. The normalized spacial score (nSPS) is 10.3. The van der Waals surface area contributed by atoms with Gasteiger partial charge in [0.15, 0.2) is 17.3 Å². The largest absolute Gasteiger partial charge is 0.493 e. The Morgan fingerprint density at radius 3 is 2.56 bits per heavy atom. The van der Waals surface area contributed by atoms with Crippen molar-refractivity contribution in [2.45, 2.75) is 6.42 Å². The van der Waals surface area contributed by atoms with E-state index in [9.17, 15) is 4.79 Å². The van der Waals surface area contributed by atoms with Crippen molar-refractivity contribution < 1.29 is 14.3 Å². The topological polar surface area (TPSA) is 77.4 Å². The van der Waals surface area contributed by atoms with E-state index in [1.165, 1.54) is 0 Å². The van der Waals surface area contributed by atoms with Gasteiger partial charge in [-0.3, -0.25) is 5.32 Å². The maximum Gasteiger partial charge on any atom is 0.320 e. The second-order valence-corrected chi connectivity index (χ2v) is 5.80. The summed E-state index contributed by atoms with van der Waals surface area (Å²) in [5, 5.41) is 9.90. The van der Waals surface area contributed by atoms with Crippen LogP contribution < -0.4 is 20.1 Å². The summed E-state index contributed by atoms with van der Waals surface area (Å²) in [7, 11) is 3.20. The van der Waals surface area contributed by atoms with Crippen LogP contribution in [0.4, 0.5) is 10.6 Å². The van der Waals surface area contributed by atoms with E-state index in [0.717, 1.165) is 11.3 Å². The molecule has 1 heterocycles. The van der Waals surface area contributed by atoms with E-state index in [1.54, 1.807) is 31.2 Å². The number of carbonyl (C=O) groups is 1. The van der Waals surface area contributed by atoms with Crippen LogP contribution in [-0.4, -0.2) is 36.6 Å². The Bertz CT molecular complexity index is 893. The lowest BCUT2D eigenvalue weighted by Crippen LogP contribution is -2.30. The highest BCUT2D eigenvalue weighted by Gasteiger charge is 2.07. The Morgan fingerprint density at radius 2 is 1.81 bits per heavy atom. The number of urea groups is 1. The number of rotatable bonds is 7. The van der Waals surface area contributed by atoms with Crippen LogP contribution in [0, 0.1) is 0 Å². The molecular formula is C20H22N4O3. The van der Waals surface area contributed by atoms with Gasteiger partial charge in [0.25, 0.3) is 0 Å². The predicted octanol–water partition coefficient (Wildman–Crippen LogP) is 3.25. The summed E-state index contributed by atoms with van der Waals surface area (Å²) in [5.41, 5.74) is 1.97. The maximum atomic E-state index is 12.1. The van der Waals surface area contributed by atoms with Crippen molar-refractivity contribution in [1.82, 2.24) is 15.1 Å². The van der Waals surface area contributed by atoms with Gasteiger partial charge in [-0.2, -0.15) is 0 Å². The molecule has 7 nitrogen and oxygen atoms in total. The molecular weight excluding hydrogens is 344 g/mol. The zero-order chi connectivity index (χ0) is 19.1. The SMILES string of the molecule is COc1ccc(CCNC(=O)Nc2ccn(-c3ccccc3)n2)cc1OC. The van der Waals surface area contributed by atoms with E-state index in [-0.39, 0.29) is 6.03 Å². The van der Waals surface area contributed by atoms with Crippen molar-refractivity contribution in [3.8, 4) is 17.2 Å². The van der Waals surface area contributed by atoms with E-state index in [1.807, 2.05) is 48.5 Å². The lowest BCUT2D eigenvalue weighted by molar-refractivity contribution is 0.252. The molecule has 27 heavy (non-hydrogen) atoms. The fraction of sp³-hybridized carbons (Fsp3) is 0.200. The summed E-state index contributed by atoms with van der Waals surface area (Å²) >= 11 is 0. The van der Waals surface area contributed by atoms with Crippen molar-refractivity contribution in [2.24, 2.45) is 0 Å². The maximum absolute atomic E-state index is 12.1. The number of hydrogen-bond donors (Lipinski definition) is 2. The molecule has 7 heteroatoms. The monoisotopic (exact) mass is 366 g/mol. The van der Waals surface area contributed by atoms with Gasteiger partial charge >= 0.3 is 6.03 Å². The van der Waals surface area contributed by atoms with E-state index in [2.05, 4.69) is 15.7 Å². The zero-order valence-electron chi connectivity index (χ0n) is 15.3. The van der Waals surface area contributed by atoms with Gasteiger partial charge in [0.1, 0.15) is 0 Å². The lowest BCUT2D eigenvalue weighted by atomic mass is 10.1. The van der Waals surface area contributed by atoms with Gasteiger partial charge in [-0.1, -0.05) is 24.3 Å². The van der Waals surface area contributed by atoms with Gasteiger partial charge < -0.3 is 14.8 Å². The van der Waals surface area contributed by atoms with Crippen LogP contribution in [0.3, 0.4) is 0 Å². The van der Waals surface area contributed by atoms with Crippen LogP contribution in [0.2, 0.25) is 0 Å². The molecule has 0 saturated carbocycles. The first-order valence-corrected chi connectivity index (χ1v) is 8.56. The molecule has 2 aromatic carbocycles. The van der Waals surface area contributed by atoms with Crippen LogP contribution in [0.15, 0.2) is 60.8 Å². The minimum absolute atomic E-state index is 0.297. The Balaban J connectivity index is 1.50. The molecule has 0 fully saturated rings. The average Bonchev–Trinajstić information content (AvgIpc) is 3.17. The third kappa shape index (κ3) is 4.78. The van der Waals surface area contributed by atoms with E-state index in [0.29, 0.717) is 30.3 Å². The van der Waals surface area contributed by atoms with Gasteiger partial charge in [-0.05, 0) is 36.2 Å². The number of methoxy groups -OCH3 is 2. The molecule has 0 unspecified atom stereocenters. The van der Waals surface area contributed by atoms with E-state index in [4.69, 9.17) is 9.47 Å². The Morgan fingerprint density at radius 1 is 1.04 bits per heavy atom. The minimum Gasteiger partial charge on any atom is -0.493 e. The molecule has 0 saturated heterocycles. The molecule has 2 amide bonds. The standard InChI is InChI=1S/C20H22N4O3/c1-26-17-9-8-15(14-18(17)27-2)10-12-21-20(25)22-19-11-13-24(23-19)16-6-4-3-5-7-16/h3-9,11,13-14H,10,12H2,1-2H3,(H2,21,22,23,25). The molecule has 0 atom stereocenters. The van der Waals surface area contributed by atoms with E-state index >= 15 is 0 Å². The molecule has 0 aliphatic rings. The molecule has 0 radical (unpaired) electrons. The van der Waals surface area contributed by atoms with Gasteiger partial charge in [-0.15, -0.1) is 5.10 Å². The van der Waals surface area contributed by atoms with Crippen molar-refractivity contribution in [1.29, 1.82) is 0 Å². The van der Waals surface area contributed by atoms with Crippen LogP contribution in [0.1, 0.15) is 5.56 Å². The highest BCUT2D eigenvalue weighted by Crippen LogP contribution is 2.27. The highest BCUT2D eigenvalue weighted by atomic mass is 16.5. The predicted molar refractivity (Wildman–Crippen MR) is 104 cm³/mol. The fourth-order valence-corrected chi connectivity index (χ4v) is 2.63. The van der Waals surface area contributed by atoms with Crippen LogP contribution in [-0.2, 0) is 6.42 Å². The summed E-state index contributed by atoms with van der Waals surface area (Å²) < 4.78 is 12.2. The summed E-state index contributed by atoms with van der Waals surface area (Å²) in [6.07, 6.45) is 2.47. The molecule has 140 valence electrons. The molecule has 0 spiro atoms. The zero-order valence-corrected chi connectivity index (χ0v) is 15.3. The minimum atomic E-state index is -0.297. The summed E-state index contributed by atoms with van der Waals surface area (Å²) in [6.45, 7) is 0.487. The van der Waals surface area contributed by atoms with Crippen molar-refractivity contribution in [3.05, 3.63) is 66.4 Å². The first kappa shape index (κ1) is 18.3. The highest BCUT2D eigenvalue weighted by molar-refractivity contribution is 5.88. The number of ether oxygens (including phenoxy) is 2. The lowest BCUT2D eigenvalue weighted by Gasteiger charge is -2.10. The van der Waals surface area contributed by atoms with Crippen LogP contribution in [0.5, 0.6) is 11.5 Å². The molecule has 3 rings (SSSR count). The number of anilines is 1. The number of nitrogens with one attached hydrogen (secondary N) is 2. The van der Waals surface area contributed by atoms with Crippen LogP contribution in [0.25, 0.3) is 5.69 Å². The van der Waals surface area contributed by atoms with Gasteiger partial charge in [0.05, 0.1) is 19.9 Å². The van der Waals surface area contributed by atoms with Gasteiger partial charge in [0.2, 0.25) is 0 Å². The number of benzene rings is 2. The number of nitrogens with zero attached hydrogens (tertiary/aromatic N) is 2. The van der Waals surface area contributed by atoms with Gasteiger partial charge in [0, 0.05) is 18.8 Å². The van der Waals surface area contributed by atoms with E-state index < -0.39 is 0 Å². The quantitative estimate of drug-likeness (QED) is 0.673. The molecule has 0 bridgehead atoms. The first-order valence-electron chi connectivity index (χ1n) is 8.56. The van der Waals surface area contributed by atoms with Crippen molar-refractivity contribution >= 4 is 11.8 Å². The third-order valence-corrected chi connectivity index (χ3v) is 4.00. The van der Waals surface area contributed by atoms with Crippen molar-refractivity contribution in [2.75, 3.05) is 26.1 Å². The Hall–Kier alpha value is -3.48. The number of amides is 2. The van der Waals surface area contributed by atoms with Gasteiger partial charge in [-0.25, -0.2) is 9.48 Å².